The van der Waals surface area contributed by atoms with Crippen LogP contribution in [0.5, 0.6) is 5.75 Å². The van der Waals surface area contributed by atoms with Gasteiger partial charge in [0.25, 0.3) is 5.91 Å². The summed E-state index contributed by atoms with van der Waals surface area (Å²) in [5.74, 6) is -0.624. The number of amides is 1. The highest BCUT2D eigenvalue weighted by Gasteiger charge is 2.14. The first-order valence-corrected chi connectivity index (χ1v) is 6.01. The van der Waals surface area contributed by atoms with Crippen LogP contribution in [0.3, 0.4) is 0 Å². The predicted octanol–water partition coefficient (Wildman–Crippen LogP) is 1.61. The van der Waals surface area contributed by atoms with Crippen molar-refractivity contribution in [3.05, 3.63) is 29.8 Å². The third-order valence-corrected chi connectivity index (χ3v) is 2.14. The van der Waals surface area contributed by atoms with Gasteiger partial charge in [0.2, 0.25) is 0 Å². The quantitative estimate of drug-likeness (QED) is 0.848. The highest BCUT2D eigenvalue weighted by atomic mass is 16.5. The van der Waals surface area contributed by atoms with Crippen molar-refractivity contribution in [3.63, 3.8) is 0 Å². The summed E-state index contributed by atoms with van der Waals surface area (Å²) in [4.78, 5) is 22.2. The normalized spacial score (nSPS) is 10.9. The van der Waals surface area contributed by atoms with Crippen LogP contribution in [-0.4, -0.2) is 29.1 Å². The highest BCUT2D eigenvalue weighted by molar-refractivity contribution is 5.78. The molecule has 0 atom stereocenters. The summed E-state index contributed by atoms with van der Waals surface area (Å²) in [6.07, 6.45) is -0.0641. The molecule has 5 heteroatoms. The summed E-state index contributed by atoms with van der Waals surface area (Å²) in [5, 5.41) is 11.5. The Balaban J connectivity index is 2.53. The zero-order valence-electron chi connectivity index (χ0n) is 11.4. The third kappa shape index (κ3) is 6.45. The van der Waals surface area contributed by atoms with Crippen molar-refractivity contribution in [3.8, 4) is 5.75 Å². The Kier molecular flexibility index (Phi) is 4.92. The third-order valence-electron chi connectivity index (χ3n) is 2.14. The molecule has 0 fully saturated rings. The molecule has 5 nitrogen and oxygen atoms in total. The molecule has 104 valence electrons. The maximum atomic E-state index is 11.6. The van der Waals surface area contributed by atoms with Crippen molar-refractivity contribution in [2.75, 3.05) is 6.61 Å². The molecule has 0 radical (unpaired) electrons. The lowest BCUT2D eigenvalue weighted by Crippen LogP contribution is -2.43. The summed E-state index contributed by atoms with van der Waals surface area (Å²) in [7, 11) is 0. The summed E-state index contributed by atoms with van der Waals surface area (Å²) in [6.45, 7) is 5.57. The SMILES string of the molecule is CC(C)(C)NC(=O)COc1cccc(CC(=O)O)c1. The van der Waals surface area contributed by atoms with Crippen molar-refractivity contribution in [1.29, 1.82) is 0 Å². The van der Waals surface area contributed by atoms with E-state index in [0.29, 0.717) is 11.3 Å². The van der Waals surface area contributed by atoms with E-state index in [-0.39, 0.29) is 24.5 Å². The molecule has 0 heterocycles. The van der Waals surface area contributed by atoms with Gasteiger partial charge in [-0.3, -0.25) is 9.59 Å². The largest absolute Gasteiger partial charge is 0.484 e. The second-order valence-electron chi connectivity index (χ2n) is 5.30. The highest BCUT2D eigenvalue weighted by Crippen LogP contribution is 2.13. The lowest BCUT2D eigenvalue weighted by Gasteiger charge is -2.20. The fraction of sp³-hybridized carbons (Fsp3) is 0.429. The number of aliphatic carboxylic acids is 1. The van der Waals surface area contributed by atoms with Gasteiger partial charge in [0.1, 0.15) is 5.75 Å². The number of carboxylic acids is 1. The Morgan fingerprint density at radius 2 is 2.00 bits per heavy atom. The molecule has 0 aliphatic carbocycles. The molecule has 0 saturated carbocycles. The van der Waals surface area contributed by atoms with E-state index in [1.807, 2.05) is 20.8 Å². The number of hydrogen-bond acceptors (Lipinski definition) is 3. The molecule has 1 rings (SSSR count). The Bertz CT molecular complexity index is 463. The minimum atomic E-state index is -0.900. The van der Waals surface area contributed by atoms with E-state index in [2.05, 4.69) is 5.32 Å². The first-order valence-electron chi connectivity index (χ1n) is 6.01. The molecular formula is C14H19NO4. The minimum absolute atomic E-state index is 0.0641. The Hall–Kier alpha value is -2.04. The molecule has 1 aromatic rings. The first kappa shape index (κ1) is 15.0. The molecule has 1 aromatic carbocycles. The van der Waals surface area contributed by atoms with Crippen molar-refractivity contribution in [1.82, 2.24) is 5.32 Å². The predicted molar refractivity (Wildman–Crippen MR) is 71.2 cm³/mol. The number of benzene rings is 1. The number of hydrogen-bond donors (Lipinski definition) is 2. The summed E-state index contributed by atoms with van der Waals surface area (Å²) in [6, 6.07) is 6.72. The molecule has 19 heavy (non-hydrogen) atoms. The molecular weight excluding hydrogens is 246 g/mol. The number of rotatable bonds is 5. The maximum Gasteiger partial charge on any atom is 0.307 e. The second-order valence-corrected chi connectivity index (χ2v) is 5.30. The summed E-state index contributed by atoms with van der Waals surface area (Å²) in [5.41, 5.74) is 0.340. The van der Waals surface area contributed by atoms with Crippen LogP contribution in [-0.2, 0) is 16.0 Å². The van der Waals surface area contributed by atoms with E-state index in [9.17, 15) is 9.59 Å². The van der Waals surface area contributed by atoms with Crippen molar-refractivity contribution < 1.29 is 19.4 Å². The molecule has 0 aromatic heterocycles. The second kappa shape index (κ2) is 6.22. The maximum absolute atomic E-state index is 11.6. The fourth-order valence-electron chi connectivity index (χ4n) is 1.52. The van der Waals surface area contributed by atoms with E-state index in [0.717, 1.165) is 0 Å². The molecule has 0 bridgehead atoms. The number of nitrogens with one attached hydrogen (secondary N) is 1. The standard InChI is InChI=1S/C14H19NO4/c1-14(2,3)15-12(16)9-19-11-6-4-5-10(7-11)8-13(17)18/h4-7H,8-9H2,1-3H3,(H,15,16)(H,17,18). The van der Waals surface area contributed by atoms with Gasteiger partial charge in [0, 0.05) is 5.54 Å². The zero-order valence-corrected chi connectivity index (χ0v) is 11.4. The van der Waals surface area contributed by atoms with Gasteiger partial charge in [0.15, 0.2) is 6.61 Å². The van der Waals surface area contributed by atoms with Crippen LogP contribution in [0.2, 0.25) is 0 Å². The van der Waals surface area contributed by atoms with E-state index >= 15 is 0 Å². The molecule has 2 N–H and O–H groups in total. The fourth-order valence-corrected chi connectivity index (χ4v) is 1.52. The van der Waals surface area contributed by atoms with E-state index in [4.69, 9.17) is 9.84 Å². The molecule has 0 saturated heterocycles. The van der Waals surface area contributed by atoms with E-state index in [1.165, 1.54) is 0 Å². The van der Waals surface area contributed by atoms with Gasteiger partial charge in [0.05, 0.1) is 6.42 Å². The van der Waals surface area contributed by atoms with Gasteiger partial charge >= 0.3 is 5.97 Å². The smallest absolute Gasteiger partial charge is 0.307 e. The Morgan fingerprint density at radius 1 is 1.32 bits per heavy atom. The van der Waals surface area contributed by atoms with Crippen LogP contribution < -0.4 is 10.1 Å². The molecule has 0 aliphatic rings. The van der Waals surface area contributed by atoms with Gasteiger partial charge in [-0.15, -0.1) is 0 Å². The first-order chi connectivity index (χ1) is 8.76. The lowest BCUT2D eigenvalue weighted by atomic mass is 10.1. The van der Waals surface area contributed by atoms with Crippen LogP contribution in [0.15, 0.2) is 24.3 Å². The molecule has 0 spiro atoms. The average molecular weight is 265 g/mol. The van der Waals surface area contributed by atoms with Gasteiger partial charge in [-0.1, -0.05) is 12.1 Å². The lowest BCUT2D eigenvalue weighted by molar-refractivity contribution is -0.136. The van der Waals surface area contributed by atoms with Gasteiger partial charge < -0.3 is 15.2 Å². The Morgan fingerprint density at radius 3 is 2.58 bits per heavy atom. The van der Waals surface area contributed by atoms with Crippen LogP contribution in [0, 0.1) is 0 Å². The monoisotopic (exact) mass is 265 g/mol. The Labute approximate surface area is 112 Å². The van der Waals surface area contributed by atoms with Gasteiger partial charge in [-0.05, 0) is 38.5 Å². The van der Waals surface area contributed by atoms with Crippen molar-refractivity contribution in [2.24, 2.45) is 0 Å². The molecule has 1 amide bonds. The van der Waals surface area contributed by atoms with E-state index < -0.39 is 5.97 Å². The summed E-state index contributed by atoms with van der Waals surface area (Å²) >= 11 is 0. The zero-order chi connectivity index (χ0) is 14.5. The van der Waals surface area contributed by atoms with Crippen LogP contribution in [0.25, 0.3) is 0 Å². The van der Waals surface area contributed by atoms with Crippen LogP contribution in [0.4, 0.5) is 0 Å². The number of carboxylic acid groups (broad SMARTS) is 1. The van der Waals surface area contributed by atoms with Crippen LogP contribution >= 0.6 is 0 Å². The van der Waals surface area contributed by atoms with Crippen molar-refractivity contribution in [2.45, 2.75) is 32.7 Å². The average Bonchev–Trinajstić information content (AvgIpc) is 2.23. The number of carbonyl (C=O) groups is 2. The van der Waals surface area contributed by atoms with E-state index in [1.54, 1.807) is 24.3 Å². The molecule has 0 unspecified atom stereocenters. The topological polar surface area (TPSA) is 75.6 Å². The van der Waals surface area contributed by atoms with Gasteiger partial charge in [-0.25, -0.2) is 0 Å². The minimum Gasteiger partial charge on any atom is -0.484 e. The number of ether oxygens (including phenoxy) is 1. The van der Waals surface area contributed by atoms with Gasteiger partial charge in [-0.2, -0.15) is 0 Å². The van der Waals surface area contributed by atoms with Crippen LogP contribution in [0.1, 0.15) is 26.3 Å². The molecule has 0 aliphatic heterocycles. The summed E-state index contributed by atoms with van der Waals surface area (Å²) < 4.78 is 5.33. The number of carbonyl (C=O) groups excluding carboxylic acids is 1. The van der Waals surface area contributed by atoms with Crippen molar-refractivity contribution >= 4 is 11.9 Å².